The molecule has 1 heterocycles. The highest BCUT2D eigenvalue weighted by Gasteiger charge is 2.32. The second-order valence-electron chi connectivity index (χ2n) is 4.73. The molecule has 1 saturated heterocycles. The number of hydrogen-bond donors (Lipinski definition) is 1. The lowest BCUT2D eigenvalue weighted by Crippen LogP contribution is -2.59. The van der Waals surface area contributed by atoms with Crippen LogP contribution in [0.5, 0.6) is 0 Å². The SMILES string of the molecule is CCCN(C(=O)c1ccc(F)cc1[N+](=O)[O-])C1CNC1. The molecule has 108 valence electrons. The first kappa shape index (κ1) is 14.4. The van der Waals surface area contributed by atoms with Crippen molar-refractivity contribution in [3.8, 4) is 0 Å². The van der Waals surface area contributed by atoms with Crippen LogP contribution in [0.2, 0.25) is 0 Å². The van der Waals surface area contributed by atoms with Gasteiger partial charge in [-0.05, 0) is 18.6 Å². The van der Waals surface area contributed by atoms with Gasteiger partial charge < -0.3 is 10.2 Å². The summed E-state index contributed by atoms with van der Waals surface area (Å²) in [6.07, 6.45) is 0.761. The molecule has 1 amide bonds. The van der Waals surface area contributed by atoms with Crippen molar-refractivity contribution in [1.82, 2.24) is 10.2 Å². The molecule has 1 aliphatic rings. The molecule has 0 bridgehead atoms. The van der Waals surface area contributed by atoms with Gasteiger partial charge >= 0.3 is 0 Å². The molecule has 0 aliphatic carbocycles. The van der Waals surface area contributed by atoms with Crippen LogP contribution in [-0.2, 0) is 0 Å². The van der Waals surface area contributed by atoms with Crippen LogP contribution in [0.3, 0.4) is 0 Å². The molecule has 1 aromatic rings. The fourth-order valence-corrected chi connectivity index (χ4v) is 2.18. The number of carbonyl (C=O) groups is 1. The lowest BCUT2D eigenvalue weighted by molar-refractivity contribution is -0.385. The van der Waals surface area contributed by atoms with Crippen LogP contribution in [0, 0.1) is 15.9 Å². The van der Waals surface area contributed by atoms with Crippen molar-refractivity contribution in [2.45, 2.75) is 19.4 Å². The number of rotatable bonds is 5. The number of nitro benzene ring substituents is 1. The van der Waals surface area contributed by atoms with Gasteiger partial charge in [-0.2, -0.15) is 0 Å². The van der Waals surface area contributed by atoms with Gasteiger partial charge in [-0.25, -0.2) is 4.39 Å². The molecule has 6 nitrogen and oxygen atoms in total. The van der Waals surface area contributed by atoms with Crippen LogP contribution < -0.4 is 5.32 Å². The lowest BCUT2D eigenvalue weighted by Gasteiger charge is -2.38. The fraction of sp³-hybridized carbons (Fsp3) is 0.462. The highest BCUT2D eigenvalue weighted by molar-refractivity contribution is 5.98. The molecule has 1 aliphatic heterocycles. The number of benzene rings is 1. The largest absolute Gasteiger partial charge is 0.333 e. The summed E-state index contributed by atoms with van der Waals surface area (Å²) in [5, 5.41) is 14.0. The van der Waals surface area contributed by atoms with Crippen molar-refractivity contribution in [2.24, 2.45) is 0 Å². The maximum absolute atomic E-state index is 13.1. The summed E-state index contributed by atoms with van der Waals surface area (Å²) >= 11 is 0. The molecule has 0 atom stereocenters. The molecule has 0 radical (unpaired) electrons. The van der Waals surface area contributed by atoms with Crippen LogP contribution in [-0.4, -0.2) is 41.4 Å². The second kappa shape index (κ2) is 5.96. The average Bonchev–Trinajstić information content (AvgIpc) is 2.35. The summed E-state index contributed by atoms with van der Waals surface area (Å²) in [7, 11) is 0. The predicted octanol–water partition coefficient (Wildman–Crippen LogP) is 1.56. The van der Waals surface area contributed by atoms with Crippen molar-refractivity contribution >= 4 is 11.6 Å². The van der Waals surface area contributed by atoms with Gasteiger partial charge in [0.25, 0.3) is 11.6 Å². The molecule has 1 fully saturated rings. The van der Waals surface area contributed by atoms with E-state index in [1.165, 1.54) is 6.07 Å². The van der Waals surface area contributed by atoms with E-state index in [2.05, 4.69) is 5.32 Å². The quantitative estimate of drug-likeness (QED) is 0.656. The Morgan fingerprint density at radius 3 is 2.75 bits per heavy atom. The maximum Gasteiger partial charge on any atom is 0.285 e. The van der Waals surface area contributed by atoms with E-state index in [4.69, 9.17) is 0 Å². The topological polar surface area (TPSA) is 75.5 Å². The monoisotopic (exact) mass is 281 g/mol. The van der Waals surface area contributed by atoms with Crippen molar-refractivity contribution in [3.63, 3.8) is 0 Å². The fourth-order valence-electron chi connectivity index (χ4n) is 2.18. The highest BCUT2D eigenvalue weighted by atomic mass is 19.1. The average molecular weight is 281 g/mol. The van der Waals surface area contributed by atoms with E-state index in [1.54, 1.807) is 4.90 Å². The van der Waals surface area contributed by atoms with Crippen LogP contribution in [0.1, 0.15) is 23.7 Å². The molecule has 0 saturated carbocycles. The van der Waals surface area contributed by atoms with Crippen molar-refractivity contribution in [2.75, 3.05) is 19.6 Å². The molecule has 0 aromatic heterocycles. The normalized spacial score (nSPS) is 14.7. The summed E-state index contributed by atoms with van der Waals surface area (Å²) in [4.78, 5) is 24.3. The Kier molecular flexibility index (Phi) is 4.29. The first-order valence-electron chi connectivity index (χ1n) is 6.50. The van der Waals surface area contributed by atoms with E-state index in [-0.39, 0.29) is 11.6 Å². The second-order valence-corrected chi connectivity index (χ2v) is 4.73. The molecule has 7 heteroatoms. The smallest absolute Gasteiger partial charge is 0.285 e. The third kappa shape index (κ3) is 2.77. The molecule has 1 aromatic carbocycles. The van der Waals surface area contributed by atoms with Gasteiger partial charge in [0, 0.05) is 19.6 Å². The Labute approximate surface area is 115 Å². The van der Waals surface area contributed by atoms with Gasteiger partial charge in [-0.1, -0.05) is 6.92 Å². The summed E-state index contributed by atoms with van der Waals surface area (Å²) < 4.78 is 13.1. The molecular formula is C13H16FN3O3. The van der Waals surface area contributed by atoms with E-state index in [0.29, 0.717) is 19.6 Å². The Morgan fingerprint density at radius 2 is 2.25 bits per heavy atom. The van der Waals surface area contributed by atoms with E-state index in [0.717, 1.165) is 18.6 Å². The Hall–Kier alpha value is -2.02. The Balaban J connectivity index is 2.33. The number of amides is 1. The predicted molar refractivity (Wildman–Crippen MR) is 71.0 cm³/mol. The first-order chi connectivity index (χ1) is 9.54. The van der Waals surface area contributed by atoms with Gasteiger partial charge in [0.1, 0.15) is 11.4 Å². The number of hydrogen-bond acceptors (Lipinski definition) is 4. The van der Waals surface area contributed by atoms with E-state index in [9.17, 15) is 19.3 Å². The third-order valence-electron chi connectivity index (χ3n) is 3.31. The third-order valence-corrected chi connectivity index (χ3v) is 3.31. The van der Waals surface area contributed by atoms with Crippen LogP contribution in [0.15, 0.2) is 18.2 Å². The van der Waals surface area contributed by atoms with Gasteiger partial charge in [-0.15, -0.1) is 0 Å². The zero-order valence-electron chi connectivity index (χ0n) is 11.1. The van der Waals surface area contributed by atoms with Crippen molar-refractivity contribution < 1.29 is 14.1 Å². The summed E-state index contributed by atoms with van der Waals surface area (Å²) in [6.45, 7) is 3.83. The van der Waals surface area contributed by atoms with E-state index < -0.39 is 22.3 Å². The zero-order valence-corrected chi connectivity index (χ0v) is 11.1. The van der Waals surface area contributed by atoms with E-state index >= 15 is 0 Å². The number of carbonyl (C=O) groups excluding carboxylic acids is 1. The summed E-state index contributed by atoms with van der Waals surface area (Å²) in [5.41, 5.74) is -0.542. The van der Waals surface area contributed by atoms with Crippen LogP contribution in [0.25, 0.3) is 0 Å². The molecule has 20 heavy (non-hydrogen) atoms. The summed E-state index contributed by atoms with van der Waals surface area (Å²) in [6, 6.07) is 3.09. The molecule has 1 N–H and O–H groups in total. The maximum atomic E-state index is 13.1. The van der Waals surface area contributed by atoms with Crippen LogP contribution >= 0.6 is 0 Å². The number of nitro groups is 1. The van der Waals surface area contributed by atoms with Gasteiger partial charge in [-0.3, -0.25) is 14.9 Å². The standard InChI is InChI=1S/C13H16FN3O3/c1-2-5-16(10-7-15-8-10)13(18)11-4-3-9(14)6-12(11)17(19)20/h3-4,6,10,15H,2,5,7-8H2,1H3. The van der Waals surface area contributed by atoms with Gasteiger partial charge in [0.15, 0.2) is 0 Å². The number of halogens is 1. The molecule has 0 spiro atoms. The first-order valence-corrected chi connectivity index (χ1v) is 6.50. The minimum absolute atomic E-state index is 0.0482. The van der Waals surface area contributed by atoms with E-state index in [1.807, 2.05) is 6.92 Å². The molecular weight excluding hydrogens is 265 g/mol. The molecule has 0 unspecified atom stereocenters. The van der Waals surface area contributed by atoms with Crippen molar-refractivity contribution in [3.05, 3.63) is 39.7 Å². The van der Waals surface area contributed by atoms with Gasteiger partial charge in [0.05, 0.1) is 17.0 Å². The Bertz CT molecular complexity index is 532. The molecule has 2 rings (SSSR count). The summed E-state index contributed by atoms with van der Waals surface area (Å²) in [5.74, 6) is -1.13. The van der Waals surface area contributed by atoms with Crippen molar-refractivity contribution in [1.29, 1.82) is 0 Å². The lowest BCUT2D eigenvalue weighted by atomic mass is 10.1. The van der Waals surface area contributed by atoms with Crippen LogP contribution in [0.4, 0.5) is 10.1 Å². The minimum atomic E-state index is -0.723. The number of nitrogens with one attached hydrogen (secondary N) is 1. The highest BCUT2D eigenvalue weighted by Crippen LogP contribution is 2.23. The minimum Gasteiger partial charge on any atom is -0.333 e. The Morgan fingerprint density at radius 1 is 1.55 bits per heavy atom. The number of nitrogens with zero attached hydrogens (tertiary/aromatic N) is 2. The zero-order chi connectivity index (χ0) is 14.7. The van der Waals surface area contributed by atoms with Gasteiger partial charge in [0.2, 0.25) is 0 Å².